The maximum absolute atomic E-state index is 13.0. The van der Waals surface area contributed by atoms with E-state index < -0.39 is 0 Å². The molecule has 0 bridgehead atoms. The molecule has 156 valence electrons. The summed E-state index contributed by atoms with van der Waals surface area (Å²) in [5.41, 5.74) is 2.33. The van der Waals surface area contributed by atoms with E-state index in [1.54, 1.807) is 6.33 Å². The van der Waals surface area contributed by atoms with Crippen molar-refractivity contribution in [3.05, 3.63) is 36.2 Å². The van der Waals surface area contributed by atoms with Gasteiger partial charge in [-0.2, -0.15) is 8.75 Å². The highest BCUT2D eigenvalue weighted by Gasteiger charge is 2.37. The topological polar surface area (TPSA) is 78.4 Å². The van der Waals surface area contributed by atoms with Crippen LogP contribution in [0, 0.1) is 0 Å². The van der Waals surface area contributed by atoms with E-state index in [4.69, 9.17) is 0 Å². The molecule has 0 atom stereocenters. The molecule has 1 aliphatic heterocycles. The number of hydrogen-bond donors (Lipinski definition) is 0. The molecule has 2 aromatic heterocycles. The van der Waals surface area contributed by atoms with E-state index in [2.05, 4.69) is 29.7 Å². The normalized spacial score (nSPS) is 17.3. The quantitative estimate of drug-likeness (QED) is 0.624. The zero-order chi connectivity index (χ0) is 20.7. The first kappa shape index (κ1) is 19.2. The summed E-state index contributed by atoms with van der Waals surface area (Å²) in [6.07, 6.45) is 5.97. The number of likely N-dealkylation sites (tertiary alicyclic amines) is 1. The second-order valence-corrected chi connectivity index (χ2v) is 8.79. The molecule has 0 radical (unpaired) electrons. The fraction of sp³-hybridized carbons (Fsp3) is 0.476. The van der Waals surface area contributed by atoms with E-state index in [0.29, 0.717) is 17.6 Å². The van der Waals surface area contributed by atoms with Crippen molar-refractivity contribution in [1.29, 1.82) is 0 Å². The molecular formula is C21H25N7OS. The number of nitrogens with zero attached hydrogens (tertiary/aromatic N) is 7. The molecular weight excluding hydrogens is 398 g/mol. The molecule has 30 heavy (non-hydrogen) atoms. The minimum Gasteiger partial charge on any atom is -0.363 e. The van der Waals surface area contributed by atoms with Gasteiger partial charge in [0.05, 0.1) is 11.7 Å². The molecule has 1 aliphatic carbocycles. The Hall–Kier alpha value is -2.81. The highest BCUT2D eigenvalue weighted by Crippen LogP contribution is 2.36. The molecule has 2 fully saturated rings. The smallest absolute Gasteiger partial charge is 0.253 e. The number of rotatable bonds is 5. The van der Waals surface area contributed by atoms with Crippen LogP contribution in [0.5, 0.6) is 0 Å². The molecule has 3 heterocycles. The molecule has 9 heteroatoms. The van der Waals surface area contributed by atoms with Crippen LogP contribution in [0.4, 0.5) is 11.6 Å². The van der Waals surface area contributed by atoms with Crippen LogP contribution in [0.1, 0.15) is 36.0 Å². The van der Waals surface area contributed by atoms with Gasteiger partial charge in [0.1, 0.15) is 29.0 Å². The SMILES string of the molecule is CN(C)c1cc(N(C2CC2)C2CCN(C(=O)c3ccc4nsnc4c3)CC2)ncn1. The number of piperidine rings is 1. The predicted molar refractivity (Wildman–Crippen MR) is 118 cm³/mol. The Bertz CT molecular complexity index is 1060. The van der Waals surface area contributed by atoms with Crippen molar-refractivity contribution in [2.45, 2.75) is 37.8 Å². The molecule has 0 unspecified atom stereocenters. The third-order valence-corrected chi connectivity index (χ3v) is 6.50. The number of fused-ring (bicyclic) bond motifs is 1. The Morgan fingerprint density at radius 2 is 1.67 bits per heavy atom. The number of aromatic nitrogens is 4. The van der Waals surface area contributed by atoms with Crippen molar-refractivity contribution in [3.8, 4) is 0 Å². The summed E-state index contributed by atoms with van der Waals surface area (Å²) in [7, 11) is 3.99. The molecule has 1 saturated carbocycles. The second kappa shape index (κ2) is 7.79. The van der Waals surface area contributed by atoms with E-state index >= 15 is 0 Å². The van der Waals surface area contributed by atoms with Crippen molar-refractivity contribution >= 4 is 40.3 Å². The van der Waals surface area contributed by atoms with E-state index in [0.717, 1.165) is 48.6 Å². The standard InChI is InChI=1S/C21H25N7OS/c1-26(2)19-12-20(23-13-22-19)28(15-4-5-15)16-7-9-27(10-8-16)21(29)14-3-6-17-18(11-14)25-30-24-17/h3,6,11-13,15-16H,4-5,7-10H2,1-2H3. The first-order valence-electron chi connectivity index (χ1n) is 10.4. The van der Waals surface area contributed by atoms with Gasteiger partial charge in [0.15, 0.2) is 0 Å². The van der Waals surface area contributed by atoms with Gasteiger partial charge >= 0.3 is 0 Å². The fourth-order valence-corrected chi connectivity index (χ4v) is 4.71. The second-order valence-electron chi connectivity index (χ2n) is 8.26. The molecule has 5 rings (SSSR count). The van der Waals surface area contributed by atoms with Gasteiger partial charge in [-0.3, -0.25) is 4.79 Å². The third-order valence-electron chi connectivity index (χ3n) is 5.95. The summed E-state index contributed by atoms with van der Waals surface area (Å²) in [4.78, 5) is 28.4. The zero-order valence-corrected chi connectivity index (χ0v) is 18.0. The monoisotopic (exact) mass is 423 g/mol. The lowest BCUT2D eigenvalue weighted by molar-refractivity contribution is 0.0712. The average Bonchev–Trinajstić information content (AvgIpc) is 3.49. The molecule has 2 aliphatic rings. The number of carbonyl (C=O) groups is 1. The first-order valence-corrected chi connectivity index (χ1v) is 11.1. The number of carbonyl (C=O) groups excluding carboxylic acids is 1. The van der Waals surface area contributed by atoms with Crippen LogP contribution in [0.2, 0.25) is 0 Å². The van der Waals surface area contributed by atoms with Gasteiger partial charge in [-0.05, 0) is 43.9 Å². The highest BCUT2D eigenvalue weighted by molar-refractivity contribution is 7.00. The Labute approximate surface area is 179 Å². The van der Waals surface area contributed by atoms with Crippen LogP contribution < -0.4 is 9.80 Å². The minimum atomic E-state index is 0.0817. The lowest BCUT2D eigenvalue weighted by Crippen LogP contribution is -2.48. The summed E-state index contributed by atoms with van der Waals surface area (Å²) in [5, 5.41) is 0. The predicted octanol–water partition coefficient (Wildman–Crippen LogP) is 2.82. The van der Waals surface area contributed by atoms with Gasteiger partial charge in [-0.25, -0.2) is 9.97 Å². The summed E-state index contributed by atoms with van der Waals surface area (Å²) in [5.74, 6) is 2.01. The Morgan fingerprint density at radius 3 is 2.40 bits per heavy atom. The number of amides is 1. The summed E-state index contributed by atoms with van der Waals surface area (Å²) in [6, 6.07) is 8.63. The van der Waals surface area contributed by atoms with Gasteiger partial charge in [0.25, 0.3) is 5.91 Å². The van der Waals surface area contributed by atoms with Gasteiger partial charge in [0.2, 0.25) is 0 Å². The zero-order valence-electron chi connectivity index (χ0n) is 17.2. The maximum atomic E-state index is 13.0. The number of benzene rings is 1. The minimum absolute atomic E-state index is 0.0817. The van der Waals surface area contributed by atoms with Crippen molar-refractivity contribution in [2.75, 3.05) is 37.0 Å². The Kier molecular flexibility index (Phi) is 4.98. The van der Waals surface area contributed by atoms with Crippen molar-refractivity contribution in [2.24, 2.45) is 0 Å². The van der Waals surface area contributed by atoms with Crippen LogP contribution in [0.25, 0.3) is 11.0 Å². The van der Waals surface area contributed by atoms with Crippen LogP contribution in [0.15, 0.2) is 30.6 Å². The molecule has 0 spiro atoms. The van der Waals surface area contributed by atoms with Gasteiger partial charge in [-0.15, -0.1) is 0 Å². The van der Waals surface area contributed by atoms with Crippen molar-refractivity contribution in [3.63, 3.8) is 0 Å². The molecule has 0 N–H and O–H groups in total. The average molecular weight is 424 g/mol. The first-order chi connectivity index (χ1) is 14.6. The third kappa shape index (κ3) is 3.69. The van der Waals surface area contributed by atoms with E-state index in [9.17, 15) is 4.79 Å². The van der Waals surface area contributed by atoms with Crippen molar-refractivity contribution in [1.82, 2.24) is 23.6 Å². The van der Waals surface area contributed by atoms with Crippen LogP contribution >= 0.6 is 11.7 Å². The molecule has 8 nitrogen and oxygen atoms in total. The van der Waals surface area contributed by atoms with Gasteiger partial charge in [-0.1, -0.05) is 0 Å². The van der Waals surface area contributed by atoms with Gasteiger partial charge < -0.3 is 14.7 Å². The molecule has 1 amide bonds. The lowest BCUT2D eigenvalue weighted by atomic mass is 10.0. The van der Waals surface area contributed by atoms with E-state index in [1.165, 1.54) is 24.6 Å². The summed E-state index contributed by atoms with van der Waals surface area (Å²) < 4.78 is 8.48. The summed E-state index contributed by atoms with van der Waals surface area (Å²) >= 11 is 1.18. The fourth-order valence-electron chi connectivity index (χ4n) is 4.19. The van der Waals surface area contributed by atoms with Gasteiger partial charge in [0, 0.05) is 50.9 Å². The lowest BCUT2D eigenvalue weighted by Gasteiger charge is -2.39. The Morgan fingerprint density at radius 1 is 0.967 bits per heavy atom. The molecule has 3 aromatic rings. The van der Waals surface area contributed by atoms with Crippen LogP contribution in [-0.4, -0.2) is 68.8 Å². The largest absolute Gasteiger partial charge is 0.363 e. The number of anilines is 2. The summed E-state index contributed by atoms with van der Waals surface area (Å²) in [6.45, 7) is 1.51. The molecule has 1 aromatic carbocycles. The van der Waals surface area contributed by atoms with Crippen molar-refractivity contribution < 1.29 is 4.79 Å². The maximum Gasteiger partial charge on any atom is 0.253 e. The molecule has 1 saturated heterocycles. The van der Waals surface area contributed by atoms with E-state index in [1.807, 2.05) is 42.1 Å². The van der Waals surface area contributed by atoms with Crippen LogP contribution in [-0.2, 0) is 0 Å². The number of hydrogen-bond acceptors (Lipinski definition) is 8. The Balaban J connectivity index is 1.29. The highest BCUT2D eigenvalue weighted by atomic mass is 32.1. The van der Waals surface area contributed by atoms with Crippen LogP contribution in [0.3, 0.4) is 0 Å². The van der Waals surface area contributed by atoms with E-state index in [-0.39, 0.29) is 5.91 Å².